The van der Waals surface area contributed by atoms with Gasteiger partial charge in [-0.2, -0.15) is 4.98 Å². The first-order chi connectivity index (χ1) is 9.24. The summed E-state index contributed by atoms with van der Waals surface area (Å²) in [5, 5.41) is 0. The van der Waals surface area contributed by atoms with Gasteiger partial charge in [-0.05, 0) is 30.7 Å². The second-order valence-corrected chi connectivity index (χ2v) is 4.20. The summed E-state index contributed by atoms with van der Waals surface area (Å²) in [5.41, 5.74) is 7.78. The summed E-state index contributed by atoms with van der Waals surface area (Å²) in [5.74, 6) is 1.50. The molecule has 1 heterocycles. The summed E-state index contributed by atoms with van der Waals surface area (Å²) in [6.45, 7) is 3.12. The molecule has 4 nitrogen and oxygen atoms in total. The van der Waals surface area contributed by atoms with Gasteiger partial charge in [0, 0.05) is 25.3 Å². The summed E-state index contributed by atoms with van der Waals surface area (Å²) >= 11 is 0. The van der Waals surface area contributed by atoms with Crippen LogP contribution in [0.1, 0.15) is 12.5 Å². The molecule has 2 aromatic rings. The minimum absolute atomic E-state index is 0.558. The Morgan fingerprint density at radius 1 is 1.16 bits per heavy atom. The van der Waals surface area contributed by atoms with Crippen LogP contribution >= 0.6 is 0 Å². The summed E-state index contributed by atoms with van der Waals surface area (Å²) < 4.78 is 5.41. The minimum Gasteiger partial charge on any atom is -0.478 e. The van der Waals surface area contributed by atoms with Gasteiger partial charge >= 0.3 is 0 Å². The average Bonchev–Trinajstić information content (AvgIpc) is 2.47. The zero-order chi connectivity index (χ0) is 13.7. The number of pyridine rings is 1. The lowest BCUT2D eigenvalue weighted by Crippen LogP contribution is -2.11. The highest BCUT2D eigenvalue weighted by molar-refractivity contribution is 5.59. The van der Waals surface area contributed by atoms with Crippen molar-refractivity contribution >= 4 is 11.5 Å². The molecule has 2 rings (SSSR count). The van der Waals surface area contributed by atoms with Crippen LogP contribution in [0.5, 0.6) is 5.88 Å². The largest absolute Gasteiger partial charge is 0.478 e. The fraction of sp³-hybridized carbons (Fsp3) is 0.267. The molecule has 0 fully saturated rings. The van der Waals surface area contributed by atoms with Crippen LogP contribution in [0.2, 0.25) is 0 Å². The Kier molecular flexibility index (Phi) is 4.36. The molecule has 0 atom stereocenters. The zero-order valence-electron chi connectivity index (χ0n) is 11.3. The maximum absolute atomic E-state index is 5.60. The van der Waals surface area contributed by atoms with Crippen molar-refractivity contribution in [3.8, 4) is 5.88 Å². The fourth-order valence-corrected chi connectivity index (χ4v) is 1.81. The third-order valence-electron chi connectivity index (χ3n) is 2.90. The predicted octanol–water partition coefficient (Wildman–Crippen LogP) is 2.71. The van der Waals surface area contributed by atoms with Gasteiger partial charge in [-0.25, -0.2) is 0 Å². The number of aromatic nitrogens is 1. The Hall–Kier alpha value is -2.07. The molecule has 0 radical (unpaired) electrons. The number of hydrogen-bond acceptors (Lipinski definition) is 4. The van der Waals surface area contributed by atoms with Crippen LogP contribution in [0.4, 0.5) is 11.5 Å². The van der Waals surface area contributed by atoms with Crippen LogP contribution in [0, 0.1) is 0 Å². The normalized spacial score (nSPS) is 10.3. The van der Waals surface area contributed by atoms with Gasteiger partial charge in [0.05, 0.1) is 6.61 Å². The Morgan fingerprint density at radius 3 is 2.53 bits per heavy atom. The van der Waals surface area contributed by atoms with E-state index >= 15 is 0 Å². The molecule has 2 N–H and O–H groups in total. The molecule has 0 unspecified atom stereocenters. The van der Waals surface area contributed by atoms with Crippen molar-refractivity contribution in [2.45, 2.75) is 13.5 Å². The SMILES string of the molecule is CCOc1cccc(N(C)c2ccc(CN)cc2)n1. The van der Waals surface area contributed by atoms with Crippen molar-refractivity contribution in [1.29, 1.82) is 0 Å². The highest BCUT2D eigenvalue weighted by Crippen LogP contribution is 2.23. The zero-order valence-corrected chi connectivity index (χ0v) is 11.3. The highest BCUT2D eigenvalue weighted by atomic mass is 16.5. The van der Waals surface area contributed by atoms with Gasteiger partial charge in [-0.15, -0.1) is 0 Å². The molecule has 1 aromatic carbocycles. The molecule has 1 aromatic heterocycles. The van der Waals surface area contributed by atoms with Crippen molar-refractivity contribution in [3.05, 3.63) is 48.0 Å². The number of nitrogens with zero attached hydrogens (tertiary/aromatic N) is 2. The first-order valence-electron chi connectivity index (χ1n) is 6.37. The molecule has 0 amide bonds. The molecule has 0 aliphatic rings. The van der Waals surface area contributed by atoms with Gasteiger partial charge in [0.2, 0.25) is 5.88 Å². The molecule has 0 saturated carbocycles. The summed E-state index contributed by atoms with van der Waals surface area (Å²) in [6, 6.07) is 13.9. The maximum Gasteiger partial charge on any atom is 0.215 e. The van der Waals surface area contributed by atoms with E-state index in [0.717, 1.165) is 17.1 Å². The van der Waals surface area contributed by atoms with Crippen LogP contribution in [-0.2, 0) is 6.54 Å². The van der Waals surface area contributed by atoms with Crippen molar-refractivity contribution in [2.24, 2.45) is 5.73 Å². The van der Waals surface area contributed by atoms with E-state index in [0.29, 0.717) is 19.0 Å². The lowest BCUT2D eigenvalue weighted by Gasteiger charge is -2.19. The van der Waals surface area contributed by atoms with E-state index in [1.807, 2.05) is 61.3 Å². The van der Waals surface area contributed by atoms with E-state index in [-0.39, 0.29) is 0 Å². The Morgan fingerprint density at radius 2 is 1.89 bits per heavy atom. The number of hydrogen-bond donors (Lipinski definition) is 1. The fourth-order valence-electron chi connectivity index (χ4n) is 1.81. The average molecular weight is 257 g/mol. The van der Waals surface area contributed by atoms with E-state index in [9.17, 15) is 0 Å². The van der Waals surface area contributed by atoms with Gasteiger partial charge in [0.15, 0.2) is 0 Å². The molecule has 0 aliphatic carbocycles. The third-order valence-corrected chi connectivity index (χ3v) is 2.90. The molecule has 0 bridgehead atoms. The first-order valence-corrected chi connectivity index (χ1v) is 6.37. The van der Waals surface area contributed by atoms with Gasteiger partial charge in [0.1, 0.15) is 5.82 Å². The lowest BCUT2D eigenvalue weighted by atomic mass is 10.2. The molecule has 0 saturated heterocycles. The molecule has 19 heavy (non-hydrogen) atoms. The Balaban J connectivity index is 2.22. The van der Waals surface area contributed by atoms with Gasteiger partial charge in [-0.1, -0.05) is 18.2 Å². The van der Waals surface area contributed by atoms with Gasteiger partial charge < -0.3 is 15.4 Å². The van der Waals surface area contributed by atoms with Crippen LogP contribution in [0.25, 0.3) is 0 Å². The molecule has 0 spiro atoms. The van der Waals surface area contributed by atoms with E-state index in [4.69, 9.17) is 10.5 Å². The van der Waals surface area contributed by atoms with Crippen molar-refractivity contribution in [3.63, 3.8) is 0 Å². The number of nitrogens with two attached hydrogens (primary N) is 1. The second-order valence-electron chi connectivity index (χ2n) is 4.20. The quantitative estimate of drug-likeness (QED) is 0.894. The number of ether oxygens (including phenoxy) is 1. The second kappa shape index (κ2) is 6.20. The van der Waals surface area contributed by atoms with Crippen LogP contribution < -0.4 is 15.4 Å². The molecular weight excluding hydrogens is 238 g/mol. The van der Waals surface area contributed by atoms with Crippen molar-refractivity contribution in [1.82, 2.24) is 4.98 Å². The first kappa shape index (κ1) is 13.4. The summed E-state index contributed by atoms with van der Waals surface area (Å²) in [4.78, 5) is 6.48. The van der Waals surface area contributed by atoms with Crippen LogP contribution in [0.15, 0.2) is 42.5 Å². The number of rotatable bonds is 5. The predicted molar refractivity (Wildman–Crippen MR) is 77.8 cm³/mol. The van der Waals surface area contributed by atoms with Crippen LogP contribution in [-0.4, -0.2) is 18.6 Å². The molecule has 4 heteroatoms. The summed E-state index contributed by atoms with van der Waals surface area (Å²) in [7, 11) is 1.98. The number of anilines is 2. The monoisotopic (exact) mass is 257 g/mol. The van der Waals surface area contributed by atoms with Crippen molar-refractivity contribution in [2.75, 3.05) is 18.6 Å². The molecule has 100 valence electrons. The highest BCUT2D eigenvalue weighted by Gasteiger charge is 2.06. The van der Waals surface area contributed by atoms with E-state index in [2.05, 4.69) is 4.98 Å². The minimum atomic E-state index is 0.558. The standard InChI is InChI=1S/C15H19N3O/c1-3-19-15-6-4-5-14(17-15)18(2)13-9-7-12(11-16)8-10-13/h4-10H,3,11,16H2,1-2H3. The van der Waals surface area contributed by atoms with E-state index in [1.54, 1.807) is 0 Å². The van der Waals surface area contributed by atoms with E-state index < -0.39 is 0 Å². The van der Waals surface area contributed by atoms with Crippen molar-refractivity contribution < 1.29 is 4.74 Å². The van der Waals surface area contributed by atoms with Gasteiger partial charge in [0.25, 0.3) is 0 Å². The smallest absolute Gasteiger partial charge is 0.215 e. The molecular formula is C15H19N3O. The Labute approximate surface area is 113 Å². The summed E-state index contributed by atoms with van der Waals surface area (Å²) in [6.07, 6.45) is 0. The Bertz CT molecular complexity index is 525. The van der Waals surface area contributed by atoms with Gasteiger partial charge in [-0.3, -0.25) is 0 Å². The topological polar surface area (TPSA) is 51.4 Å². The maximum atomic E-state index is 5.60. The van der Waals surface area contributed by atoms with Crippen LogP contribution in [0.3, 0.4) is 0 Å². The lowest BCUT2D eigenvalue weighted by molar-refractivity contribution is 0.327. The van der Waals surface area contributed by atoms with E-state index in [1.165, 1.54) is 0 Å². The molecule has 0 aliphatic heterocycles. The third kappa shape index (κ3) is 3.23. The number of benzene rings is 1.